The SMILES string of the molecule is COc1ccccc1CCN=C(C)c1ncn(C)c1C. The van der Waals surface area contributed by atoms with Crippen LogP contribution in [-0.4, -0.2) is 28.9 Å². The number of imidazole rings is 1. The summed E-state index contributed by atoms with van der Waals surface area (Å²) in [5, 5.41) is 0. The molecule has 0 atom stereocenters. The van der Waals surface area contributed by atoms with Gasteiger partial charge in [0.2, 0.25) is 0 Å². The fourth-order valence-corrected chi connectivity index (χ4v) is 2.18. The lowest BCUT2D eigenvalue weighted by atomic mass is 10.1. The molecule has 0 aliphatic heterocycles. The number of nitrogens with zero attached hydrogens (tertiary/aromatic N) is 3. The Labute approximate surface area is 120 Å². The Morgan fingerprint density at radius 3 is 2.75 bits per heavy atom. The van der Waals surface area contributed by atoms with Gasteiger partial charge in [0.15, 0.2) is 0 Å². The van der Waals surface area contributed by atoms with Crippen molar-refractivity contribution in [1.82, 2.24) is 9.55 Å². The molecule has 0 aliphatic rings. The van der Waals surface area contributed by atoms with Crippen LogP contribution >= 0.6 is 0 Å². The molecule has 4 nitrogen and oxygen atoms in total. The van der Waals surface area contributed by atoms with Crippen molar-refractivity contribution in [2.75, 3.05) is 13.7 Å². The number of para-hydroxylation sites is 1. The molecule has 1 heterocycles. The molecule has 1 aromatic carbocycles. The zero-order valence-corrected chi connectivity index (χ0v) is 12.6. The summed E-state index contributed by atoms with van der Waals surface area (Å²) in [5.74, 6) is 0.925. The monoisotopic (exact) mass is 271 g/mol. The number of aromatic nitrogens is 2. The average molecular weight is 271 g/mol. The molecule has 0 spiro atoms. The topological polar surface area (TPSA) is 39.4 Å². The molecule has 0 N–H and O–H groups in total. The summed E-state index contributed by atoms with van der Waals surface area (Å²) in [4.78, 5) is 9.01. The van der Waals surface area contributed by atoms with Crippen LogP contribution in [0.25, 0.3) is 0 Å². The van der Waals surface area contributed by atoms with Gasteiger partial charge in [0.25, 0.3) is 0 Å². The summed E-state index contributed by atoms with van der Waals surface area (Å²) < 4.78 is 7.35. The summed E-state index contributed by atoms with van der Waals surface area (Å²) >= 11 is 0. The van der Waals surface area contributed by atoms with Gasteiger partial charge in [0, 0.05) is 19.3 Å². The van der Waals surface area contributed by atoms with Gasteiger partial charge in [-0.1, -0.05) is 18.2 Å². The van der Waals surface area contributed by atoms with Crippen molar-refractivity contribution >= 4 is 5.71 Å². The van der Waals surface area contributed by atoms with Gasteiger partial charge in [0.05, 0.1) is 19.1 Å². The fourth-order valence-electron chi connectivity index (χ4n) is 2.18. The minimum absolute atomic E-state index is 0.738. The van der Waals surface area contributed by atoms with Crippen LogP contribution in [-0.2, 0) is 13.5 Å². The molecule has 2 rings (SSSR count). The lowest BCUT2D eigenvalue weighted by molar-refractivity contribution is 0.410. The number of aryl methyl sites for hydroxylation is 1. The van der Waals surface area contributed by atoms with Crippen LogP contribution in [0, 0.1) is 6.92 Å². The van der Waals surface area contributed by atoms with Crippen molar-refractivity contribution in [3.63, 3.8) is 0 Å². The lowest BCUT2D eigenvalue weighted by Crippen LogP contribution is -2.02. The number of ether oxygens (including phenoxy) is 1. The number of methoxy groups -OCH3 is 1. The quantitative estimate of drug-likeness (QED) is 0.784. The molecule has 4 heteroatoms. The van der Waals surface area contributed by atoms with E-state index >= 15 is 0 Å². The maximum atomic E-state index is 5.35. The molecule has 1 aromatic heterocycles. The second-order valence-corrected chi connectivity index (χ2v) is 4.82. The first kappa shape index (κ1) is 14.3. The third kappa shape index (κ3) is 3.07. The minimum Gasteiger partial charge on any atom is -0.496 e. The first-order valence-electron chi connectivity index (χ1n) is 6.74. The Morgan fingerprint density at radius 1 is 1.35 bits per heavy atom. The van der Waals surface area contributed by atoms with Gasteiger partial charge in [-0.3, -0.25) is 4.99 Å². The second kappa shape index (κ2) is 6.37. The Bertz CT molecular complexity index is 614. The summed E-state index contributed by atoms with van der Waals surface area (Å²) in [6.45, 7) is 4.81. The predicted octanol–water partition coefficient (Wildman–Crippen LogP) is 2.79. The van der Waals surface area contributed by atoms with E-state index in [1.54, 1.807) is 7.11 Å². The molecule has 0 amide bonds. The van der Waals surface area contributed by atoms with Gasteiger partial charge in [-0.15, -0.1) is 0 Å². The maximum Gasteiger partial charge on any atom is 0.122 e. The van der Waals surface area contributed by atoms with Gasteiger partial charge < -0.3 is 9.30 Å². The number of benzene rings is 1. The highest BCUT2D eigenvalue weighted by Gasteiger charge is 2.07. The van der Waals surface area contributed by atoms with E-state index in [9.17, 15) is 0 Å². The van der Waals surface area contributed by atoms with E-state index in [0.29, 0.717) is 0 Å². The van der Waals surface area contributed by atoms with Crippen molar-refractivity contribution in [2.45, 2.75) is 20.3 Å². The van der Waals surface area contributed by atoms with E-state index in [1.165, 1.54) is 5.56 Å². The normalized spacial score (nSPS) is 11.7. The van der Waals surface area contributed by atoms with Crippen molar-refractivity contribution in [3.05, 3.63) is 47.5 Å². The molecule has 0 bridgehead atoms. The van der Waals surface area contributed by atoms with Crippen LogP contribution in [0.4, 0.5) is 0 Å². The Kier molecular flexibility index (Phi) is 4.56. The van der Waals surface area contributed by atoms with E-state index in [0.717, 1.165) is 35.8 Å². The number of hydrogen-bond donors (Lipinski definition) is 0. The molecule has 2 aromatic rings. The molecule has 0 unspecified atom stereocenters. The average Bonchev–Trinajstić information content (AvgIpc) is 2.79. The van der Waals surface area contributed by atoms with Gasteiger partial charge in [-0.05, 0) is 31.9 Å². The highest BCUT2D eigenvalue weighted by Crippen LogP contribution is 2.17. The molecule has 0 radical (unpaired) electrons. The largest absolute Gasteiger partial charge is 0.496 e. The second-order valence-electron chi connectivity index (χ2n) is 4.82. The maximum absolute atomic E-state index is 5.35. The van der Waals surface area contributed by atoms with Crippen molar-refractivity contribution in [2.24, 2.45) is 12.0 Å². The highest BCUT2D eigenvalue weighted by molar-refractivity contribution is 5.97. The zero-order chi connectivity index (χ0) is 14.5. The first-order valence-corrected chi connectivity index (χ1v) is 6.74. The van der Waals surface area contributed by atoms with E-state index in [2.05, 4.69) is 23.0 Å². The molecular weight excluding hydrogens is 250 g/mol. The van der Waals surface area contributed by atoms with Crippen LogP contribution < -0.4 is 4.74 Å². The zero-order valence-electron chi connectivity index (χ0n) is 12.6. The van der Waals surface area contributed by atoms with Crippen LogP contribution in [0.15, 0.2) is 35.6 Å². The summed E-state index contributed by atoms with van der Waals surface area (Å²) in [6.07, 6.45) is 2.69. The predicted molar refractivity (Wildman–Crippen MR) is 81.7 cm³/mol. The molecule has 0 aliphatic carbocycles. The van der Waals surface area contributed by atoms with Crippen LogP contribution in [0.3, 0.4) is 0 Å². The van der Waals surface area contributed by atoms with E-state index in [1.807, 2.05) is 43.1 Å². The molecule has 0 saturated carbocycles. The standard InChI is InChI=1S/C16H21N3O/c1-12(16-13(2)19(3)11-18-16)17-10-9-14-7-5-6-8-15(14)20-4/h5-8,11H,9-10H2,1-4H3. The molecule has 106 valence electrons. The smallest absolute Gasteiger partial charge is 0.122 e. The first-order chi connectivity index (χ1) is 9.63. The van der Waals surface area contributed by atoms with Gasteiger partial charge >= 0.3 is 0 Å². The van der Waals surface area contributed by atoms with Crippen LogP contribution in [0.2, 0.25) is 0 Å². The number of rotatable bonds is 5. The number of hydrogen-bond acceptors (Lipinski definition) is 3. The van der Waals surface area contributed by atoms with Gasteiger partial charge in [-0.2, -0.15) is 0 Å². The molecular formula is C16H21N3O. The van der Waals surface area contributed by atoms with Crippen molar-refractivity contribution < 1.29 is 4.74 Å². The van der Waals surface area contributed by atoms with Crippen LogP contribution in [0.5, 0.6) is 5.75 Å². The van der Waals surface area contributed by atoms with Crippen LogP contribution in [0.1, 0.15) is 23.9 Å². The van der Waals surface area contributed by atoms with E-state index in [-0.39, 0.29) is 0 Å². The van der Waals surface area contributed by atoms with E-state index in [4.69, 9.17) is 4.74 Å². The summed E-state index contributed by atoms with van der Waals surface area (Å²) in [5.41, 5.74) is 4.29. The third-order valence-electron chi connectivity index (χ3n) is 3.50. The Morgan fingerprint density at radius 2 is 2.10 bits per heavy atom. The van der Waals surface area contributed by atoms with Gasteiger partial charge in [-0.25, -0.2) is 4.98 Å². The highest BCUT2D eigenvalue weighted by atomic mass is 16.5. The fraction of sp³-hybridized carbons (Fsp3) is 0.375. The van der Waals surface area contributed by atoms with E-state index < -0.39 is 0 Å². The minimum atomic E-state index is 0.738. The Hall–Kier alpha value is -2.10. The van der Waals surface area contributed by atoms with Crippen molar-refractivity contribution in [3.8, 4) is 5.75 Å². The van der Waals surface area contributed by atoms with Crippen molar-refractivity contribution in [1.29, 1.82) is 0 Å². The number of aliphatic imine (C=N–C) groups is 1. The Balaban J connectivity index is 2.04. The third-order valence-corrected chi connectivity index (χ3v) is 3.50. The lowest BCUT2D eigenvalue weighted by Gasteiger charge is -2.06. The molecule has 0 saturated heterocycles. The molecule has 0 fully saturated rings. The molecule has 20 heavy (non-hydrogen) atoms. The van der Waals surface area contributed by atoms with Gasteiger partial charge in [0.1, 0.15) is 11.4 Å². The summed E-state index contributed by atoms with van der Waals surface area (Å²) in [7, 11) is 3.69. The summed E-state index contributed by atoms with van der Waals surface area (Å²) in [6, 6.07) is 8.07.